The molecule has 3 rings (SSSR count). The van der Waals surface area contributed by atoms with E-state index in [9.17, 15) is 0 Å². The van der Waals surface area contributed by atoms with Gasteiger partial charge in [-0.15, -0.1) is 0 Å². The van der Waals surface area contributed by atoms with Gasteiger partial charge in [-0.3, -0.25) is 0 Å². The summed E-state index contributed by atoms with van der Waals surface area (Å²) in [5.74, 6) is 1.57. The third-order valence-corrected chi connectivity index (χ3v) is 4.95. The van der Waals surface area contributed by atoms with Crippen molar-refractivity contribution >= 4 is 5.96 Å². The van der Waals surface area contributed by atoms with Crippen LogP contribution in [0.3, 0.4) is 0 Å². The predicted octanol–water partition coefficient (Wildman–Crippen LogP) is 2.92. The quantitative estimate of drug-likeness (QED) is 0.628. The van der Waals surface area contributed by atoms with E-state index in [1.807, 2.05) is 11.6 Å². The molecule has 27 heavy (non-hydrogen) atoms. The summed E-state index contributed by atoms with van der Waals surface area (Å²) in [4.78, 5) is 7.28. The monoisotopic (exact) mass is 369 g/mol. The van der Waals surface area contributed by atoms with Gasteiger partial charge in [-0.05, 0) is 44.9 Å². The summed E-state index contributed by atoms with van der Waals surface area (Å²) in [6, 6.07) is 10.5. The summed E-state index contributed by atoms with van der Waals surface area (Å²) >= 11 is 0. The molecule has 0 bridgehead atoms. The predicted molar refractivity (Wildman–Crippen MR) is 109 cm³/mol. The first kappa shape index (κ1) is 19.4. The highest BCUT2D eigenvalue weighted by Gasteiger charge is 2.24. The van der Waals surface area contributed by atoms with E-state index in [0.29, 0.717) is 12.5 Å². The largest absolute Gasteiger partial charge is 0.384 e. The Morgan fingerprint density at radius 1 is 1.33 bits per heavy atom. The molecular formula is C21H31N5O. The van der Waals surface area contributed by atoms with Gasteiger partial charge in [-0.25, -0.2) is 9.67 Å². The molecule has 2 heterocycles. The van der Waals surface area contributed by atoms with E-state index in [0.717, 1.165) is 55.7 Å². The summed E-state index contributed by atoms with van der Waals surface area (Å²) in [5, 5.41) is 8.09. The fraction of sp³-hybridized carbons (Fsp3) is 0.524. The highest BCUT2D eigenvalue weighted by atomic mass is 16.5. The second-order valence-corrected chi connectivity index (χ2v) is 7.19. The first-order valence-corrected chi connectivity index (χ1v) is 9.76. The number of rotatable bonds is 6. The van der Waals surface area contributed by atoms with Gasteiger partial charge >= 0.3 is 0 Å². The minimum atomic E-state index is 0.584. The molecule has 0 aliphatic carbocycles. The molecule has 1 fully saturated rings. The van der Waals surface area contributed by atoms with Crippen LogP contribution in [-0.2, 0) is 11.3 Å². The summed E-state index contributed by atoms with van der Waals surface area (Å²) in [7, 11) is 1.78. The lowest BCUT2D eigenvalue weighted by Gasteiger charge is -2.22. The van der Waals surface area contributed by atoms with Crippen LogP contribution >= 0.6 is 0 Å². The summed E-state index contributed by atoms with van der Waals surface area (Å²) in [6.07, 6.45) is 1.15. The van der Waals surface area contributed by atoms with Crippen molar-refractivity contribution in [2.24, 2.45) is 10.9 Å². The molecular weight excluding hydrogens is 338 g/mol. The van der Waals surface area contributed by atoms with Crippen LogP contribution in [0.4, 0.5) is 0 Å². The van der Waals surface area contributed by atoms with Crippen LogP contribution in [0.25, 0.3) is 5.69 Å². The average molecular weight is 370 g/mol. The molecule has 1 aromatic heterocycles. The van der Waals surface area contributed by atoms with E-state index in [-0.39, 0.29) is 0 Å². The number of hydrogen-bond acceptors (Lipinski definition) is 3. The van der Waals surface area contributed by atoms with Crippen molar-refractivity contribution in [3.05, 3.63) is 47.3 Å². The van der Waals surface area contributed by atoms with Crippen molar-refractivity contribution in [1.82, 2.24) is 20.0 Å². The molecule has 1 N–H and O–H groups in total. The van der Waals surface area contributed by atoms with E-state index in [4.69, 9.17) is 9.73 Å². The number of nitrogens with zero attached hydrogens (tertiary/aromatic N) is 4. The van der Waals surface area contributed by atoms with Gasteiger partial charge in [0.15, 0.2) is 5.96 Å². The van der Waals surface area contributed by atoms with Crippen molar-refractivity contribution in [3.63, 3.8) is 0 Å². The minimum absolute atomic E-state index is 0.584. The number of ether oxygens (including phenoxy) is 1. The summed E-state index contributed by atoms with van der Waals surface area (Å²) in [5.41, 5.74) is 4.44. The van der Waals surface area contributed by atoms with Gasteiger partial charge < -0.3 is 15.0 Å². The van der Waals surface area contributed by atoms with Gasteiger partial charge in [-0.1, -0.05) is 18.2 Å². The van der Waals surface area contributed by atoms with Gasteiger partial charge in [0.25, 0.3) is 0 Å². The van der Waals surface area contributed by atoms with E-state index in [1.54, 1.807) is 7.11 Å². The Hall–Kier alpha value is -2.34. The van der Waals surface area contributed by atoms with Crippen LogP contribution in [-0.4, -0.2) is 54.0 Å². The second kappa shape index (κ2) is 9.04. The molecule has 0 spiro atoms. The zero-order chi connectivity index (χ0) is 19.2. The van der Waals surface area contributed by atoms with Crippen LogP contribution in [0, 0.1) is 19.8 Å². The van der Waals surface area contributed by atoms with E-state index in [2.05, 4.69) is 59.5 Å². The van der Waals surface area contributed by atoms with Crippen LogP contribution in [0.5, 0.6) is 0 Å². The lowest BCUT2D eigenvalue weighted by atomic mass is 10.1. The average Bonchev–Trinajstić information content (AvgIpc) is 3.25. The van der Waals surface area contributed by atoms with Crippen molar-refractivity contribution in [2.45, 2.75) is 33.7 Å². The summed E-state index contributed by atoms with van der Waals surface area (Å²) in [6.45, 7) is 10.6. The second-order valence-electron chi connectivity index (χ2n) is 7.19. The maximum Gasteiger partial charge on any atom is 0.194 e. The third kappa shape index (κ3) is 4.69. The Bertz CT molecular complexity index is 783. The lowest BCUT2D eigenvalue weighted by molar-refractivity contribution is 0.157. The first-order valence-electron chi connectivity index (χ1n) is 9.76. The SMILES string of the molecule is CCNC(=NCc1ccccc1-n1nc(C)cc1C)N1CCC(COC)C1. The van der Waals surface area contributed by atoms with Crippen molar-refractivity contribution < 1.29 is 4.74 Å². The van der Waals surface area contributed by atoms with Gasteiger partial charge in [-0.2, -0.15) is 5.10 Å². The fourth-order valence-electron chi connectivity index (χ4n) is 3.71. The highest BCUT2D eigenvalue weighted by molar-refractivity contribution is 5.80. The number of aliphatic imine (C=N–C) groups is 1. The van der Waals surface area contributed by atoms with Gasteiger partial charge in [0.05, 0.1) is 24.5 Å². The number of likely N-dealkylation sites (tertiary alicyclic amines) is 1. The molecule has 6 nitrogen and oxygen atoms in total. The number of aromatic nitrogens is 2. The van der Waals surface area contributed by atoms with Gasteiger partial charge in [0.2, 0.25) is 0 Å². The van der Waals surface area contributed by atoms with E-state index in [1.165, 1.54) is 5.56 Å². The maximum atomic E-state index is 5.32. The zero-order valence-corrected chi connectivity index (χ0v) is 16.9. The van der Waals surface area contributed by atoms with Gasteiger partial charge in [0.1, 0.15) is 0 Å². The molecule has 146 valence electrons. The molecule has 1 atom stereocenters. The Balaban J connectivity index is 1.80. The fourth-order valence-corrected chi connectivity index (χ4v) is 3.71. The van der Waals surface area contributed by atoms with Crippen LogP contribution in [0.15, 0.2) is 35.3 Å². The molecule has 0 radical (unpaired) electrons. The third-order valence-electron chi connectivity index (χ3n) is 4.95. The van der Waals surface area contributed by atoms with Gasteiger partial charge in [0, 0.05) is 38.4 Å². The lowest BCUT2D eigenvalue weighted by Crippen LogP contribution is -2.40. The number of benzene rings is 1. The number of methoxy groups -OCH3 is 1. The number of aryl methyl sites for hydroxylation is 2. The van der Waals surface area contributed by atoms with Crippen LogP contribution in [0.2, 0.25) is 0 Å². The molecule has 1 aliphatic heterocycles. The van der Waals surface area contributed by atoms with Crippen LogP contribution < -0.4 is 5.32 Å². The molecule has 1 saturated heterocycles. The Morgan fingerprint density at radius 2 is 2.15 bits per heavy atom. The highest BCUT2D eigenvalue weighted by Crippen LogP contribution is 2.19. The van der Waals surface area contributed by atoms with Crippen molar-refractivity contribution in [1.29, 1.82) is 0 Å². The molecule has 2 aromatic rings. The molecule has 6 heteroatoms. The number of para-hydroxylation sites is 1. The van der Waals surface area contributed by atoms with E-state index < -0.39 is 0 Å². The maximum absolute atomic E-state index is 5.32. The standard InChI is InChI=1S/C21H31N5O/c1-5-22-21(25-11-10-18(14-25)15-27-4)23-13-19-8-6-7-9-20(19)26-17(3)12-16(2)24-26/h6-9,12,18H,5,10-11,13-15H2,1-4H3,(H,22,23). The normalized spacial score (nSPS) is 17.6. The van der Waals surface area contributed by atoms with E-state index >= 15 is 0 Å². The Labute approximate surface area is 162 Å². The summed E-state index contributed by atoms with van der Waals surface area (Å²) < 4.78 is 7.34. The molecule has 1 aromatic carbocycles. The number of nitrogens with one attached hydrogen (secondary N) is 1. The molecule has 1 aliphatic rings. The smallest absolute Gasteiger partial charge is 0.194 e. The number of guanidine groups is 1. The number of hydrogen-bond donors (Lipinski definition) is 1. The molecule has 0 saturated carbocycles. The Morgan fingerprint density at radius 3 is 2.85 bits per heavy atom. The topological polar surface area (TPSA) is 54.7 Å². The first-order chi connectivity index (χ1) is 13.1. The van der Waals surface area contributed by atoms with Crippen LogP contribution in [0.1, 0.15) is 30.3 Å². The molecule has 0 amide bonds. The Kier molecular flexibility index (Phi) is 6.50. The van der Waals surface area contributed by atoms with Crippen molar-refractivity contribution in [3.8, 4) is 5.69 Å². The minimum Gasteiger partial charge on any atom is -0.384 e. The van der Waals surface area contributed by atoms with Crippen molar-refractivity contribution in [2.75, 3.05) is 33.4 Å². The zero-order valence-electron chi connectivity index (χ0n) is 16.9. The molecule has 1 unspecified atom stereocenters.